The van der Waals surface area contributed by atoms with Gasteiger partial charge in [-0.15, -0.1) is 24.8 Å². The molecule has 2 aliphatic rings. The third-order valence-corrected chi connectivity index (χ3v) is 11.7. The Kier molecular flexibility index (Phi) is 61.3. The van der Waals surface area contributed by atoms with E-state index in [2.05, 4.69) is 15.1 Å². The summed E-state index contributed by atoms with van der Waals surface area (Å²) in [7, 11) is 0. The number of nitrogens with two attached hydrogens (primary N) is 1. The largest absolute Gasteiger partial charge is 0.505 e. The average Bonchev–Trinajstić information content (AvgIpc) is 3.36. The fraction of sp³-hybridized carbons (Fsp3) is 0.516. The van der Waals surface area contributed by atoms with E-state index in [-0.39, 0.29) is 127 Å². The minimum atomic E-state index is -0.576. The smallest absolute Gasteiger partial charge is 0.407 e. The number of carbonyl (C=O) groups excluding carboxylic acids is 1. The quantitative estimate of drug-likeness (QED) is 0.0774. The van der Waals surface area contributed by atoms with Gasteiger partial charge >= 0.3 is 6.09 Å². The van der Waals surface area contributed by atoms with Crippen LogP contribution in [-0.4, -0.2) is 82.5 Å². The molecule has 0 aromatic heterocycles. The predicted molar refractivity (Wildman–Crippen MR) is 359 cm³/mol. The average molecular weight is 1340 g/mol. The van der Waals surface area contributed by atoms with E-state index < -0.39 is 11.4 Å². The Morgan fingerprint density at radius 1 is 0.542 bits per heavy atom. The van der Waals surface area contributed by atoms with Crippen LogP contribution in [0.2, 0.25) is 0 Å². The van der Waals surface area contributed by atoms with E-state index in [1.807, 2.05) is 89.3 Å². The van der Waals surface area contributed by atoms with Crippen LogP contribution in [0.25, 0.3) is 0 Å². The fourth-order valence-electron chi connectivity index (χ4n) is 7.33. The molecule has 2 heterocycles. The van der Waals surface area contributed by atoms with E-state index in [4.69, 9.17) is 34.5 Å². The van der Waals surface area contributed by atoms with Crippen LogP contribution in [-0.2, 0) is 4.74 Å². The molecule has 19 heteroatoms. The van der Waals surface area contributed by atoms with E-state index >= 15 is 0 Å². The summed E-state index contributed by atoms with van der Waals surface area (Å²) >= 11 is 2.04. The summed E-state index contributed by atoms with van der Waals surface area (Å²) in [5, 5.41) is 11.4. The van der Waals surface area contributed by atoms with Crippen molar-refractivity contribution in [1.82, 2.24) is 5.32 Å². The summed E-state index contributed by atoms with van der Waals surface area (Å²) in [6, 6.07) is 27.0. The molecule has 0 bridgehead atoms. The molecule has 83 heavy (non-hydrogen) atoms. The van der Waals surface area contributed by atoms with Crippen LogP contribution < -0.4 is 39.8 Å². The van der Waals surface area contributed by atoms with Gasteiger partial charge in [-0.05, 0) is 176 Å². The van der Waals surface area contributed by atoms with Crippen molar-refractivity contribution in [3.8, 4) is 28.7 Å². The molecular weight excluding hydrogens is 1230 g/mol. The van der Waals surface area contributed by atoms with Crippen LogP contribution >= 0.6 is 47.4 Å². The lowest BCUT2D eigenvalue weighted by Gasteiger charge is -2.34. The molecule has 484 valence electrons. The highest BCUT2D eigenvalue weighted by Crippen LogP contribution is 2.35. The second kappa shape index (κ2) is 52.4. The number of rotatable bonds is 13. The van der Waals surface area contributed by atoms with Crippen molar-refractivity contribution >= 4 is 64.9 Å². The maximum atomic E-state index is 14.0. The Bertz CT molecular complexity index is 2320. The van der Waals surface area contributed by atoms with Gasteiger partial charge in [0.15, 0.2) is 57.8 Å². The zero-order valence-electron chi connectivity index (χ0n) is 43.3. The lowest BCUT2D eigenvalue weighted by atomic mass is 9.96. The highest BCUT2D eigenvalue weighted by Gasteiger charge is 2.25. The van der Waals surface area contributed by atoms with Crippen molar-refractivity contribution in [3.05, 3.63) is 136 Å². The minimum Gasteiger partial charge on any atom is -0.505 e. The van der Waals surface area contributed by atoms with Gasteiger partial charge in [-0.1, -0.05) is 109 Å². The number of ether oxygens (including phenoxy) is 5. The SMILES string of the molecule is C.C.C.C.C.C.C.C.C.CCOc1c(F)cccc1I.CCOc1c(F)cccc1N1CCC(CN)CC1.CCOc1c(F)cccc1N1CCC(CNC(=O)OC(C)(C)C)CC1.CCOc1ccccc1F.Cl.Cl.Oc1ccccc1F. The molecule has 4 N–H and O–H groups in total. The first-order valence-electron chi connectivity index (χ1n) is 24.3. The predicted octanol–water partition coefficient (Wildman–Crippen LogP) is 19.5. The lowest BCUT2D eigenvalue weighted by molar-refractivity contribution is 0.0516. The molecule has 0 unspecified atom stereocenters. The Morgan fingerprint density at radius 3 is 1.27 bits per heavy atom. The minimum absolute atomic E-state index is 0. The summed E-state index contributed by atoms with van der Waals surface area (Å²) in [4.78, 5) is 16.1. The highest BCUT2D eigenvalue weighted by molar-refractivity contribution is 14.1. The van der Waals surface area contributed by atoms with Crippen molar-refractivity contribution < 1.29 is 55.5 Å². The van der Waals surface area contributed by atoms with Crippen molar-refractivity contribution in [1.29, 1.82) is 0 Å². The first-order chi connectivity index (χ1) is 34.5. The number of nitrogens with zero attached hydrogens (tertiary/aromatic N) is 2. The van der Waals surface area contributed by atoms with Crippen molar-refractivity contribution in [2.45, 2.75) is 147 Å². The number of carbonyl (C=O) groups is 1. The molecular formula is C64H110Cl2F5IN4O7. The van der Waals surface area contributed by atoms with Crippen molar-refractivity contribution in [2.75, 3.05) is 75.5 Å². The van der Waals surface area contributed by atoms with Crippen molar-refractivity contribution in [2.24, 2.45) is 17.6 Å². The first kappa shape index (κ1) is 97.0. The molecule has 5 aromatic carbocycles. The van der Waals surface area contributed by atoms with Gasteiger partial charge in [0.2, 0.25) is 0 Å². The summed E-state index contributed by atoms with van der Waals surface area (Å²) in [5.41, 5.74) is 6.87. The lowest BCUT2D eigenvalue weighted by Crippen LogP contribution is -2.40. The fourth-order valence-corrected chi connectivity index (χ4v) is 7.95. The van der Waals surface area contributed by atoms with Crippen LogP contribution in [0.3, 0.4) is 0 Å². The molecule has 11 nitrogen and oxygen atoms in total. The normalized spacial score (nSPS) is 11.7. The van der Waals surface area contributed by atoms with E-state index in [1.54, 1.807) is 42.5 Å². The topological polar surface area (TPSA) is 128 Å². The zero-order chi connectivity index (χ0) is 53.1. The van der Waals surface area contributed by atoms with Gasteiger partial charge in [0.05, 0.1) is 41.4 Å². The number of halogens is 8. The molecule has 7 rings (SSSR count). The van der Waals surface area contributed by atoms with Gasteiger partial charge in [-0.2, -0.15) is 0 Å². The summed E-state index contributed by atoms with van der Waals surface area (Å²) in [6.07, 6.45) is 3.62. The Hall–Kier alpha value is -5.11. The maximum Gasteiger partial charge on any atom is 0.407 e. The standard InChI is InChI=1S/C19H29FN2O3.C14H21FN2O.C8H8FIO.C8H9FO.C6H5FO.9CH4.2ClH/c1-5-24-17-15(20)7-6-8-16(17)22-11-9-14(10-12-22)13-21-18(23)25-19(2,3)4;1-2-18-14-12(15)4-3-5-13(14)17-8-6-11(10-16)7-9-17;1-2-11-8-6(9)4-3-5-7(8)10;1-2-10-8-6-4-3-5-7(8)9;7-5-3-1-2-4-6(5)8;;;;;;;;;;;/h6-8,14H,5,9-13H2,1-4H3,(H,21,23);3-5,11H,2,6-10,16H2,1H3;3-5H,2H2,1H3;3-6H,2H2,1H3;1-4,8H;9*1H4;2*1H. The highest BCUT2D eigenvalue weighted by atomic mass is 127. The van der Waals surface area contributed by atoms with Gasteiger partial charge < -0.3 is 49.6 Å². The molecule has 0 atom stereocenters. The number of anilines is 2. The Morgan fingerprint density at radius 2 is 0.904 bits per heavy atom. The third kappa shape index (κ3) is 35.1. The number of piperidine rings is 2. The molecule has 2 saturated heterocycles. The number of para-hydroxylation sites is 5. The van der Waals surface area contributed by atoms with E-state index in [9.17, 15) is 26.7 Å². The second-order valence-electron chi connectivity index (χ2n) is 17.3. The maximum absolute atomic E-state index is 14.0. The number of hydrogen-bond donors (Lipinski definition) is 3. The van der Waals surface area contributed by atoms with Gasteiger partial charge in [0.25, 0.3) is 0 Å². The molecule has 2 fully saturated rings. The van der Waals surface area contributed by atoms with Crippen LogP contribution in [0.5, 0.6) is 28.7 Å². The van der Waals surface area contributed by atoms with E-state index in [0.29, 0.717) is 67.8 Å². The number of hydrogen-bond acceptors (Lipinski definition) is 10. The number of amides is 1. The van der Waals surface area contributed by atoms with Gasteiger partial charge in [0, 0.05) is 32.7 Å². The summed E-state index contributed by atoms with van der Waals surface area (Å²) < 4.78 is 92.4. The Balaban J connectivity index is -0.000000120. The Labute approximate surface area is 526 Å². The third-order valence-electron chi connectivity index (χ3n) is 10.8. The van der Waals surface area contributed by atoms with E-state index in [1.165, 1.54) is 42.5 Å². The van der Waals surface area contributed by atoms with Gasteiger partial charge in [0.1, 0.15) is 5.60 Å². The van der Waals surface area contributed by atoms with E-state index in [0.717, 1.165) is 73.4 Å². The molecule has 2 aliphatic heterocycles. The number of benzene rings is 5. The summed E-state index contributed by atoms with van der Waals surface area (Å²) in [5.74, 6) is 0.312. The molecule has 0 spiro atoms. The van der Waals surface area contributed by atoms with Crippen LogP contribution in [0.4, 0.5) is 38.1 Å². The monoisotopic (exact) mass is 1340 g/mol. The van der Waals surface area contributed by atoms with Gasteiger partial charge in [-0.3, -0.25) is 0 Å². The van der Waals surface area contributed by atoms with Gasteiger partial charge in [-0.25, -0.2) is 26.7 Å². The molecule has 5 aromatic rings. The first-order valence-corrected chi connectivity index (χ1v) is 25.4. The second-order valence-corrected chi connectivity index (χ2v) is 18.5. The number of phenols is 1. The summed E-state index contributed by atoms with van der Waals surface area (Å²) in [6.45, 7) is 19.6. The number of phenolic OH excluding ortho intramolecular Hbond substituents is 1. The number of aromatic hydroxyl groups is 1. The van der Waals surface area contributed by atoms with Crippen LogP contribution in [0.15, 0.2) is 103 Å². The molecule has 0 radical (unpaired) electrons. The number of alkyl carbamates (subject to hydrolysis) is 1. The van der Waals surface area contributed by atoms with Crippen molar-refractivity contribution in [3.63, 3.8) is 0 Å². The molecule has 0 saturated carbocycles. The zero-order valence-corrected chi connectivity index (χ0v) is 47.1. The molecule has 0 aliphatic carbocycles. The number of nitrogens with one attached hydrogen (secondary N) is 1. The molecule has 1 amide bonds. The van der Waals surface area contributed by atoms with Crippen LogP contribution in [0, 0.1) is 44.5 Å². The van der Waals surface area contributed by atoms with Crippen LogP contribution in [0.1, 0.15) is 141 Å².